The third kappa shape index (κ3) is 3.39. The first-order valence-corrected chi connectivity index (χ1v) is 7.21. The highest BCUT2D eigenvalue weighted by atomic mass is 16.5. The van der Waals surface area contributed by atoms with Crippen LogP contribution in [0.2, 0.25) is 0 Å². The number of anilines is 1. The van der Waals surface area contributed by atoms with E-state index in [2.05, 4.69) is 29.1 Å². The second-order valence-corrected chi connectivity index (χ2v) is 5.43. The van der Waals surface area contributed by atoms with Gasteiger partial charge in [0.05, 0.1) is 6.61 Å². The Kier molecular flexibility index (Phi) is 4.91. The Morgan fingerprint density at radius 1 is 1.14 bits per heavy atom. The van der Waals surface area contributed by atoms with E-state index in [0.717, 1.165) is 28.5 Å². The topological polar surface area (TPSA) is 47.0 Å². The summed E-state index contributed by atoms with van der Waals surface area (Å²) in [6.07, 6.45) is 0. The lowest BCUT2D eigenvalue weighted by molar-refractivity contribution is 0.185. The molecular formula is C17H23N3O. The molecule has 0 bridgehead atoms. The predicted molar refractivity (Wildman–Crippen MR) is 86.6 cm³/mol. The van der Waals surface area contributed by atoms with Crippen LogP contribution in [0.15, 0.2) is 24.3 Å². The van der Waals surface area contributed by atoms with Gasteiger partial charge in [-0.2, -0.15) is 0 Å². The molecule has 4 heteroatoms. The van der Waals surface area contributed by atoms with E-state index in [1.165, 1.54) is 5.56 Å². The van der Waals surface area contributed by atoms with Gasteiger partial charge in [-0.25, -0.2) is 9.97 Å². The maximum Gasteiger partial charge on any atom is 0.161 e. The van der Waals surface area contributed by atoms with E-state index in [1.54, 1.807) is 7.11 Å². The number of benzene rings is 1. The van der Waals surface area contributed by atoms with Crippen LogP contribution in [0.3, 0.4) is 0 Å². The molecule has 0 aliphatic rings. The van der Waals surface area contributed by atoms with E-state index in [4.69, 9.17) is 4.74 Å². The molecule has 0 amide bonds. The number of aryl methyl sites for hydroxylation is 1. The minimum Gasteiger partial charge on any atom is -0.380 e. The van der Waals surface area contributed by atoms with Gasteiger partial charge in [-0.05, 0) is 18.4 Å². The summed E-state index contributed by atoms with van der Waals surface area (Å²) < 4.78 is 5.13. The molecule has 1 heterocycles. The van der Waals surface area contributed by atoms with Gasteiger partial charge in [0.15, 0.2) is 5.82 Å². The molecule has 0 atom stereocenters. The number of nitrogens with one attached hydrogen (secondary N) is 1. The van der Waals surface area contributed by atoms with Gasteiger partial charge in [0.25, 0.3) is 0 Å². The molecule has 0 unspecified atom stereocenters. The summed E-state index contributed by atoms with van der Waals surface area (Å²) in [5, 5.41) is 3.19. The zero-order valence-electron chi connectivity index (χ0n) is 13.4. The molecule has 112 valence electrons. The summed E-state index contributed by atoms with van der Waals surface area (Å²) in [7, 11) is 3.60. The first kappa shape index (κ1) is 15.4. The number of rotatable bonds is 5. The van der Waals surface area contributed by atoms with Crippen LogP contribution in [0.4, 0.5) is 5.82 Å². The average molecular weight is 285 g/mol. The van der Waals surface area contributed by atoms with Crippen LogP contribution in [0, 0.1) is 6.92 Å². The van der Waals surface area contributed by atoms with Gasteiger partial charge in [0.1, 0.15) is 5.82 Å². The van der Waals surface area contributed by atoms with Crippen molar-refractivity contribution in [3.8, 4) is 11.4 Å². The van der Waals surface area contributed by atoms with Crippen molar-refractivity contribution in [3.63, 3.8) is 0 Å². The fourth-order valence-corrected chi connectivity index (χ4v) is 2.51. The van der Waals surface area contributed by atoms with Crippen molar-refractivity contribution >= 4 is 5.82 Å². The highest BCUT2D eigenvalue weighted by molar-refractivity contribution is 5.60. The van der Waals surface area contributed by atoms with Crippen molar-refractivity contribution in [2.45, 2.75) is 33.3 Å². The van der Waals surface area contributed by atoms with Crippen molar-refractivity contribution in [1.82, 2.24) is 9.97 Å². The van der Waals surface area contributed by atoms with Gasteiger partial charge < -0.3 is 10.1 Å². The zero-order chi connectivity index (χ0) is 15.4. The summed E-state index contributed by atoms with van der Waals surface area (Å²) in [6, 6.07) is 8.18. The second-order valence-electron chi connectivity index (χ2n) is 5.43. The van der Waals surface area contributed by atoms with Gasteiger partial charge in [-0.3, -0.25) is 0 Å². The van der Waals surface area contributed by atoms with E-state index in [0.29, 0.717) is 12.5 Å². The minimum absolute atomic E-state index is 0.394. The van der Waals surface area contributed by atoms with Crippen molar-refractivity contribution in [3.05, 3.63) is 41.1 Å². The van der Waals surface area contributed by atoms with Crippen LogP contribution >= 0.6 is 0 Å². The largest absolute Gasteiger partial charge is 0.380 e. The van der Waals surface area contributed by atoms with Crippen LogP contribution in [-0.2, 0) is 11.3 Å². The van der Waals surface area contributed by atoms with Crippen LogP contribution in [0.25, 0.3) is 11.4 Å². The molecule has 1 N–H and O–H groups in total. The summed E-state index contributed by atoms with van der Waals surface area (Å²) >= 11 is 0. The Balaban J connectivity index is 2.42. The molecule has 2 rings (SSSR count). The molecule has 0 aliphatic carbocycles. The number of ether oxygens (including phenoxy) is 1. The van der Waals surface area contributed by atoms with Crippen molar-refractivity contribution in [1.29, 1.82) is 0 Å². The normalized spacial score (nSPS) is 11.0. The molecule has 21 heavy (non-hydrogen) atoms. The molecule has 2 aromatic rings. The van der Waals surface area contributed by atoms with Crippen LogP contribution in [0.5, 0.6) is 0 Å². The summed E-state index contributed by atoms with van der Waals surface area (Å²) in [4.78, 5) is 9.33. The minimum atomic E-state index is 0.394. The summed E-state index contributed by atoms with van der Waals surface area (Å²) in [5.74, 6) is 2.06. The average Bonchev–Trinajstić information content (AvgIpc) is 2.47. The van der Waals surface area contributed by atoms with Crippen LogP contribution in [-0.4, -0.2) is 24.1 Å². The van der Waals surface area contributed by atoms with E-state index in [-0.39, 0.29) is 0 Å². The fourth-order valence-electron chi connectivity index (χ4n) is 2.51. The Labute approximate surface area is 126 Å². The van der Waals surface area contributed by atoms with Gasteiger partial charge in [0, 0.05) is 31.0 Å². The van der Waals surface area contributed by atoms with Gasteiger partial charge >= 0.3 is 0 Å². The summed E-state index contributed by atoms with van der Waals surface area (Å²) in [5.41, 5.74) is 4.37. The summed E-state index contributed by atoms with van der Waals surface area (Å²) in [6.45, 7) is 6.98. The Morgan fingerprint density at radius 2 is 1.81 bits per heavy atom. The maximum atomic E-state index is 5.13. The third-order valence-corrected chi connectivity index (χ3v) is 3.47. The molecule has 0 aliphatic heterocycles. The van der Waals surface area contributed by atoms with Crippen molar-refractivity contribution in [2.24, 2.45) is 0 Å². The number of hydrogen-bond donors (Lipinski definition) is 1. The molecule has 1 aromatic heterocycles. The van der Waals surface area contributed by atoms with Crippen molar-refractivity contribution < 1.29 is 4.74 Å². The van der Waals surface area contributed by atoms with Crippen LogP contribution < -0.4 is 5.32 Å². The quantitative estimate of drug-likeness (QED) is 0.908. The first-order valence-electron chi connectivity index (χ1n) is 7.21. The zero-order valence-corrected chi connectivity index (χ0v) is 13.4. The van der Waals surface area contributed by atoms with Crippen molar-refractivity contribution in [2.75, 3.05) is 19.5 Å². The highest BCUT2D eigenvalue weighted by Gasteiger charge is 2.14. The Morgan fingerprint density at radius 3 is 2.33 bits per heavy atom. The lowest BCUT2D eigenvalue weighted by Gasteiger charge is -2.15. The van der Waals surface area contributed by atoms with Gasteiger partial charge in [-0.1, -0.05) is 38.1 Å². The Bertz CT molecular complexity index is 606. The molecule has 1 aromatic carbocycles. The van der Waals surface area contributed by atoms with E-state index < -0.39 is 0 Å². The third-order valence-electron chi connectivity index (χ3n) is 3.47. The van der Waals surface area contributed by atoms with Gasteiger partial charge in [0.2, 0.25) is 0 Å². The number of nitrogens with zero attached hydrogens (tertiary/aromatic N) is 2. The fraction of sp³-hybridized carbons (Fsp3) is 0.412. The Hall–Kier alpha value is -1.94. The number of aromatic nitrogens is 2. The number of hydrogen-bond acceptors (Lipinski definition) is 4. The molecule has 4 nitrogen and oxygen atoms in total. The SMILES string of the molecule is CNc1nc(-c2ccc(COC)cc2)nc(C)c1C(C)C. The molecule has 0 saturated carbocycles. The molecule has 0 spiro atoms. The van der Waals surface area contributed by atoms with E-state index in [9.17, 15) is 0 Å². The first-order chi connectivity index (χ1) is 10.1. The maximum absolute atomic E-state index is 5.13. The van der Waals surface area contributed by atoms with Crippen LogP contribution in [0.1, 0.15) is 36.6 Å². The van der Waals surface area contributed by atoms with E-state index >= 15 is 0 Å². The second kappa shape index (κ2) is 6.68. The monoisotopic (exact) mass is 285 g/mol. The smallest absolute Gasteiger partial charge is 0.161 e. The molecule has 0 saturated heterocycles. The standard InChI is InChI=1S/C17H23N3O/c1-11(2)15-12(3)19-16(20-17(15)18-4)14-8-6-13(7-9-14)10-21-5/h6-9,11H,10H2,1-5H3,(H,18,19,20). The number of methoxy groups -OCH3 is 1. The highest BCUT2D eigenvalue weighted by Crippen LogP contribution is 2.27. The lowest BCUT2D eigenvalue weighted by Crippen LogP contribution is -2.07. The molecular weight excluding hydrogens is 262 g/mol. The van der Waals surface area contributed by atoms with E-state index in [1.807, 2.05) is 38.2 Å². The van der Waals surface area contributed by atoms with Gasteiger partial charge in [-0.15, -0.1) is 0 Å². The predicted octanol–water partition coefficient (Wildman–Crippen LogP) is 3.76. The lowest BCUT2D eigenvalue weighted by atomic mass is 10.0. The molecule has 0 fully saturated rings. The molecule has 0 radical (unpaired) electrons.